The van der Waals surface area contributed by atoms with Gasteiger partial charge in [-0.1, -0.05) is 44.9 Å². The van der Waals surface area contributed by atoms with Crippen LogP contribution in [0.5, 0.6) is 5.75 Å². The van der Waals surface area contributed by atoms with Crippen molar-refractivity contribution in [1.82, 2.24) is 5.32 Å². The fourth-order valence-corrected chi connectivity index (χ4v) is 4.12. The molecule has 1 aliphatic heterocycles. The molecule has 0 saturated carbocycles. The van der Waals surface area contributed by atoms with Gasteiger partial charge in [0.2, 0.25) is 5.91 Å². The third kappa shape index (κ3) is 4.72. The van der Waals surface area contributed by atoms with Crippen LogP contribution in [0.4, 0.5) is 0 Å². The third-order valence-electron chi connectivity index (χ3n) is 4.34. The van der Waals surface area contributed by atoms with Crippen LogP contribution in [-0.4, -0.2) is 31.9 Å². The molecule has 1 amide bonds. The molecule has 0 aromatic heterocycles. The molecule has 6 heteroatoms. The van der Waals surface area contributed by atoms with Crippen LogP contribution in [0.15, 0.2) is 24.3 Å². The molecule has 1 N–H and O–H groups in total. The average Bonchev–Trinajstić information content (AvgIpc) is 2.45. The Morgan fingerprint density at radius 1 is 1.25 bits per heavy atom. The Morgan fingerprint density at radius 2 is 1.88 bits per heavy atom. The van der Waals surface area contributed by atoms with E-state index in [1.807, 2.05) is 24.3 Å². The van der Waals surface area contributed by atoms with Crippen LogP contribution in [-0.2, 0) is 14.6 Å². The van der Waals surface area contributed by atoms with Crippen LogP contribution in [0, 0.1) is 0 Å². The van der Waals surface area contributed by atoms with Crippen LogP contribution < -0.4 is 10.1 Å². The molecule has 0 unspecified atom stereocenters. The summed E-state index contributed by atoms with van der Waals surface area (Å²) in [6.07, 6.45) is 5.55. The van der Waals surface area contributed by atoms with Gasteiger partial charge in [0.15, 0.2) is 9.84 Å². The van der Waals surface area contributed by atoms with E-state index in [0.29, 0.717) is 6.42 Å². The number of benzene rings is 1. The van der Waals surface area contributed by atoms with Gasteiger partial charge in [-0.05, 0) is 18.9 Å². The predicted octanol–water partition coefficient (Wildman–Crippen LogP) is 3.01. The van der Waals surface area contributed by atoms with Crippen molar-refractivity contribution in [2.24, 2.45) is 0 Å². The number of nitrogens with one attached hydrogen (secondary N) is 1. The maximum absolute atomic E-state index is 12.1. The van der Waals surface area contributed by atoms with Crippen LogP contribution in [0.3, 0.4) is 0 Å². The smallest absolute Gasteiger partial charge is 0.235 e. The van der Waals surface area contributed by atoms with E-state index in [2.05, 4.69) is 19.2 Å². The predicted molar refractivity (Wildman–Crippen MR) is 94.8 cm³/mol. The van der Waals surface area contributed by atoms with Gasteiger partial charge in [0, 0.05) is 18.2 Å². The first-order valence-electron chi connectivity index (χ1n) is 8.53. The summed E-state index contributed by atoms with van der Waals surface area (Å²) >= 11 is 0. The van der Waals surface area contributed by atoms with E-state index in [0.717, 1.165) is 43.3 Å². The molecule has 1 aliphatic rings. The molecule has 0 aliphatic carbocycles. The highest BCUT2D eigenvalue weighted by molar-refractivity contribution is 7.91. The van der Waals surface area contributed by atoms with Gasteiger partial charge in [0.1, 0.15) is 17.1 Å². The number of hydrogen-bond acceptors (Lipinski definition) is 4. The standard InChI is InChI=1S/C18H27NO4S/c1-4-10-18(11-5-2)12-15(19-17(20)13-24(3,21)22)14-8-6-7-9-16(14)23-18/h6-9,15H,4-5,10-13H2,1-3H3,(H,19,20)/t15-/m0/s1. The topological polar surface area (TPSA) is 72.5 Å². The molecule has 0 fully saturated rings. The lowest BCUT2D eigenvalue weighted by Gasteiger charge is -2.42. The zero-order chi connectivity index (χ0) is 17.8. The molecule has 0 saturated heterocycles. The Morgan fingerprint density at radius 3 is 2.46 bits per heavy atom. The van der Waals surface area contributed by atoms with Crippen molar-refractivity contribution in [1.29, 1.82) is 0 Å². The van der Waals surface area contributed by atoms with Crippen molar-refractivity contribution in [2.45, 2.75) is 57.6 Å². The van der Waals surface area contributed by atoms with E-state index in [1.165, 1.54) is 0 Å². The average molecular weight is 353 g/mol. The molecule has 0 spiro atoms. The minimum atomic E-state index is -3.34. The molecular formula is C18H27NO4S. The number of carbonyl (C=O) groups excluding carboxylic acids is 1. The largest absolute Gasteiger partial charge is 0.487 e. The van der Waals surface area contributed by atoms with Crippen molar-refractivity contribution in [2.75, 3.05) is 12.0 Å². The maximum Gasteiger partial charge on any atom is 0.235 e. The Kier molecular flexibility index (Phi) is 5.91. The second kappa shape index (κ2) is 7.55. The number of fused-ring (bicyclic) bond motifs is 1. The van der Waals surface area contributed by atoms with Crippen LogP contribution in [0.25, 0.3) is 0 Å². The number of amides is 1. The molecule has 5 nitrogen and oxygen atoms in total. The minimum absolute atomic E-state index is 0.220. The van der Waals surface area contributed by atoms with Crippen molar-refractivity contribution < 1.29 is 17.9 Å². The summed E-state index contributed by atoms with van der Waals surface area (Å²) in [6, 6.07) is 7.46. The lowest BCUT2D eigenvalue weighted by atomic mass is 9.81. The van der Waals surface area contributed by atoms with E-state index >= 15 is 0 Å². The van der Waals surface area contributed by atoms with Gasteiger partial charge in [0.05, 0.1) is 6.04 Å². The van der Waals surface area contributed by atoms with E-state index < -0.39 is 21.5 Å². The Labute approximate surface area is 144 Å². The highest BCUT2D eigenvalue weighted by Gasteiger charge is 2.40. The first-order chi connectivity index (χ1) is 11.3. The normalized spacial score (nSPS) is 19.2. The highest BCUT2D eigenvalue weighted by atomic mass is 32.2. The summed E-state index contributed by atoms with van der Waals surface area (Å²) < 4.78 is 29.1. The number of hydrogen-bond donors (Lipinski definition) is 1. The number of ether oxygens (including phenoxy) is 1. The molecule has 1 heterocycles. The summed E-state index contributed by atoms with van der Waals surface area (Å²) in [4.78, 5) is 12.1. The minimum Gasteiger partial charge on any atom is -0.487 e. The Hall–Kier alpha value is -1.56. The van der Waals surface area contributed by atoms with E-state index in [1.54, 1.807) is 0 Å². The first kappa shape index (κ1) is 18.8. The van der Waals surface area contributed by atoms with Gasteiger partial charge in [-0.2, -0.15) is 0 Å². The van der Waals surface area contributed by atoms with Crippen molar-refractivity contribution in [3.63, 3.8) is 0 Å². The van der Waals surface area contributed by atoms with E-state index in [9.17, 15) is 13.2 Å². The van der Waals surface area contributed by atoms with Gasteiger partial charge in [-0.25, -0.2) is 8.42 Å². The summed E-state index contributed by atoms with van der Waals surface area (Å²) in [7, 11) is -3.34. The monoisotopic (exact) mass is 353 g/mol. The molecule has 2 rings (SSSR count). The zero-order valence-electron chi connectivity index (χ0n) is 14.7. The third-order valence-corrected chi connectivity index (χ3v) is 5.12. The van der Waals surface area contributed by atoms with Crippen LogP contribution in [0.1, 0.15) is 57.6 Å². The van der Waals surface area contributed by atoms with Crippen molar-refractivity contribution >= 4 is 15.7 Å². The first-order valence-corrected chi connectivity index (χ1v) is 10.6. The second-order valence-electron chi connectivity index (χ2n) is 6.72. The summed E-state index contributed by atoms with van der Waals surface area (Å²) in [5, 5.41) is 2.91. The van der Waals surface area contributed by atoms with Gasteiger partial charge >= 0.3 is 0 Å². The number of carbonyl (C=O) groups is 1. The van der Waals surface area contributed by atoms with Crippen LogP contribution in [0.2, 0.25) is 0 Å². The van der Waals surface area contributed by atoms with Crippen molar-refractivity contribution in [3.8, 4) is 5.75 Å². The molecule has 24 heavy (non-hydrogen) atoms. The van der Waals surface area contributed by atoms with Gasteiger partial charge in [0.25, 0.3) is 0 Å². The Balaban J connectivity index is 2.29. The highest BCUT2D eigenvalue weighted by Crippen LogP contribution is 2.43. The quantitative estimate of drug-likeness (QED) is 0.818. The molecule has 1 aromatic carbocycles. The lowest BCUT2D eigenvalue weighted by Crippen LogP contribution is -2.46. The summed E-state index contributed by atoms with van der Waals surface area (Å²) in [5.74, 6) is -0.155. The van der Waals surface area contributed by atoms with Crippen molar-refractivity contribution in [3.05, 3.63) is 29.8 Å². The fraction of sp³-hybridized carbons (Fsp3) is 0.611. The van der Waals surface area contributed by atoms with Gasteiger partial charge in [-0.3, -0.25) is 4.79 Å². The van der Waals surface area contributed by atoms with E-state index in [4.69, 9.17) is 4.74 Å². The fourth-order valence-electron chi connectivity index (χ4n) is 3.56. The van der Waals surface area contributed by atoms with Gasteiger partial charge < -0.3 is 10.1 Å². The number of sulfone groups is 1. The second-order valence-corrected chi connectivity index (χ2v) is 8.86. The lowest BCUT2D eigenvalue weighted by molar-refractivity contribution is -0.120. The maximum atomic E-state index is 12.1. The summed E-state index contributed by atoms with van der Waals surface area (Å²) in [6.45, 7) is 4.25. The molecule has 0 bridgehead atoms. The molecule has 1 atom stereocenters. The summed E-state index contributed by atoms with van der Waals surface area (Å²) in [5.41, 5.74) is 0.614. The molecule has 0 radical (unpaired) electrons. The Bertz CT molecular complexity index is 678. The van der Waals surface area contributed by atoms with Gasteiger partial charge in [-0.15, -0.1) is 0 Å². The van der Waals surface area contributed by atoms with Crippen LogP contribution >= 0.6 is 0 Å². The number of rotatable bonds is 7. The number of para-hydroxylation sites is 1. The molecule has 1 aromatic rings. The molecular weight excluding hydrogens is 326 g/mol. The van der Waals surface area contributed by atoms with E-state index in [-0.39, 0.29) is 11.6 Å². The SMILES string of the molecule is CCCC1(CCC)C[C@H](NC(=O)CS(C)(=O)=O)c2ccccc2O1. The molecule has 134 valence electrons. The zero-order valence-corrected chi connectivity index (χ0v) is 15.5.